The molecule has 0 atom stereocenters. The number of benzene rings is 8. The number of fused-ring (bicyclic) bond motifs is 9. The molecule has 0 aliphatic heterocycles. The van der Waals surface area contributed by atoms with Crippen molar-refractivity contribution in [2.24, 2.45) is 0 Å². The highest BCUT2D eigenvalue weighted by Gasteiger charge is 2.42. The number of nitrogens with zero attached hydrogens (tertiary/aromatic N) is 1. The maximum atomic E-state index is 6.27. The van der Waals surface area contributed by atoms with Gasteiger partial charge in [0.1, 0.15) is 11.2 Å². The summed E-state index contributed by atoms with van der Waals surface area (Å²) >= 11 is 0. The molecule has 0 saturated carbocycles. The lowest BCUT2D eigenvalue weighted by Gasteiger charge is -2.29. The van der Waals surface area contributed by atoms with Crippen molar-refractivity contribution in [3.8, 4) is 44.5 Å². The maximum absolute atomic E-state index is 6.27. The van der Waals surface area contributed by atoms with Crippen LogP contribution in [0.25, 0.3) is 66.4 Å². The van der Waals surface area contributed by atoms with E-state index in [-0.39, 0.29) is 10.8 Å². The highest BCUT2D eigenvalue weighted by Crippen LogP contribution is 2.58. The Morgan fingerprint density at radius 2 is 0.929 bits per heavy atom. The standard InChI is InChI=1S/C54H41NO/c1-53(2)45-17-10-8-15-40(45)43-32-48-44(33-47(43)53)52-46(54(48,3)4)18-12-19-49(52)55(38-26-21-35(22-27-38)34-13-6-5-7-14-34)39-28-23-36(24-29-39)37-25-30-42-41-16-9-11-20-50(41)56-51(42)31-37/h5-33H,1-4H3. The third kappa shape index (κ3) is 4.75. The largest absolute Gasteiger partial charge is 0.456 e. The van der Waals surface area contributed by atoms with E-state index < -0.39 is 0 Å². The fourth-order valence-corrected chi connectivity index (χ4v) is 9.72. The van der Waals surface area contributed by atoms with Gasteiger partial charge in [0.15, 0.2) is 0 Å². The maximum Gasteiger partial charge on any atom is 0.136 e. The number of hydrogen-bond acceptors (Lipinski definition) is 2. The van der Waals surface area contributed by atoms with E-state index in [1.165, 1.54) is 61.3 Å². The molecule has 0 fully saturated rings. The first kappa shape index (κ1) is 32.8. The van der Waals surface area contributed by atoms with Crippen LogP contribution in [0.5, 0.6) is 0 Å². The van der Waals surface area contributed by atoms with Crippen LogP contribution >= 0.6 is 0 Å². The minimum atomic E-state index is -0.167. The van der Waals surface area contributed by atoms with Gasteiger partial charge in [-0.1, -0.05) is 143 Å². The second-order valence-electron chi connectivity index (χ2n) is 16.5. The molecule has 0 saturated heterocycles. The summed E-state index contributed by atoms with van der Waals surface area (Å²) in [5.41, 5.74) is 20.6. The smallest absolute Gasteiger partial charge is 0.136 e. The summed E-state index contributed by atoms with van der Waals surface area (Å²) in [4.78, 5) is 2.46. The van der Waals surface area contributed by atoms with E-state index >= 15 is 0 Å². The van der Waals surface area contributed by atoms with Crippen LogP contribution in [0.15, 0.2) is 180 Å². The zero-order valence-electron chi connectivity index (χ0n) is 32.1. The lowest BCUT2D eigenvalue weighted by atomic mass is 9.79. The molecule has 2 aliphatic carbocycles. The fraction of sp³-hybridized carbons (Fsp3) is 0.111. The molecular formula is C54H41NO. The highest BCUT2D eigenvalue weighted by molar-refractivity contribution is 6.06. The van der Waals surface area contributed by atoms with Crippen LogP contribution in [0.3, 0.4) is 0 Å². The van der Waals surface area contributed by atoms with Gasteiger partial charge in [0.25, 0.3) is 0 Å². The first-order valence-electron chi connectivity index (χ1n) is 19.7. The average Bonchev–Trinajstić information content (AvgIpc) is 3.80. The Bertz CT molecular complexity index is 3000. The van der Waals surface area contributed by atoms with Crippen LogP contribution in [0.4, 0.5) is 17.1 Å². The Labute approximate surface area is 328 Å². The molecule has 0 radical (unpaired) electrons. The first-order valence-corrected chi connectivity index (χ1v) is 19.7. The summed E-state index contributed by atoms with van der Waals surface area (Å²) in [6, 6.07) is 64.5. The van der Waals surface area contributed by atoms with Crippen molar-refractivity contribution < 1.29 is 4.42 Å². The number of anilines is 3. The van der Waals surface area contributed by atoms with Crippen molar-refractivity contribution in [2.45, 2.75) is 38.5 Å². The molecule has 2 heteroatoms. The van der Waals surface area contributed by atoms with E-state index in [0.29, 0.717) is 0 Å². The topological polar surface area (TPSA) is 16.4 Å². The van der Waals surface area contributed by atoms with Crippen LogP contribution in [0.2, 0.25) is 0 Å². The van der Waals surface area contributed by atoms with Crippen molar-refractivity contribution in [1.82, 2.24) is 0 Å². The lowest BCUT2D eigenvalue weighted by Crippen LogP contribution is -2.17. The molecule has 1 heterocycles. The Balaban J connectivity index is 1.07. The van der Waals surface area contributed by atoms with Gasteiger partial charge >= 0.3 is 0 Å². The normalized spacial score (nSPS) is 14.4. The molecule has 0 unspecified atom stereocenters. The predicted molar refractivity (Wildman–Crippen MR) is 234 cm³/mol. The molecular weight excluding hydrogens is 679 g/mol. The Hall–Kier alpha value is -6.64. The Morgan fingerprint density at radius 1 is 0.375 bits per heavy atom. The molecule has 0 bridgehead atoms. The second kappa shape index (κ2) is 11.9. The van der Waals surface area contributed by atoms with E-state index in [1.807, 2.05) is 12.1 Å². The summed E-state index contributed by atoms with van der Waals surface area (Å²) in [6.45, 7) is 9.55. The molecule has 0 amide bonds. The van der Waals surface area contributed by atoms with Gasteiger partial charge in [-0.15, -0.1) is 0 Å². The number of furan rings is 1. The minimum Gasteiger partial charge on any atom is -0.456 e. The lowest BCUT2D eigenvalue weighted by molar-refractivity contribution is 0.652. The van der Waals surface area contributed by atoms with Crippen LogP contribution in [0, 0.1) is 0 Å². The van der Waals surface area contributed by atoms with Gasteiger partial charge in [0.05, 0.1) is 5.69 Å². The van der Waals surface area contributed by atoms with Crippen LogP contribution < -0.4 is 4.90 Å². The van der Waals surface area contributed by atoms with Gasteiger partial charge in [-0.3, -0.25) is 0 Å². The van der Waals surface area contributed by atoms with Crippen molar-refractivity contribution in [2.75, 3.05) is 4.90 Å². The third-order valence-corrected chi connectivity index (χ3v) is 12.7. The van der Waals surface area contributed by atoms with Crippen LogP contribution in [-0.4, -0.2) is 0 Å². The van der Waals surface area contributed by atoms with E-state index in [9.17, 15) is 0 Å². The molecule has 1 aromatic heterocycles. The quantitative estimate of drug-likeness (QED) is 0.176. The average molecular weight is 720 g/mol. The molecule has 2 aliphatic rings. The molecule has 8 aromatic carbocycles. The van der Waals surface area contributed by atoms with Gasteiger partial charge < -0.3 is 9.32 Å². The van der Waals surface area contributed by atoms with Crippen molar-refractivity contribution in [3.05, 3.63) is 198 Å². The molecule has 11 rings (SSSR count). The van der Waals surface area contributed by atoms with E-state index in [4.69, 9.17) is 4.42 Å². The summed E-state index contributed by atoms with van der Waals surface area (Å²) < 4.78 is 6.27. The SMILES string of the molecule is CC1(C)c2ccccc2-c2cc3c(cc21)-c1c(N(c2ccc(-c4ccccc4)cc2)c2ccc(-c4ccc5c(c4)oc4ccccc45)cc2)cccc1C3(C)C. The van der Waals surface area contributed by atoms with Gasteiger partial charge in [-0.25, -0.2) is 0 Å². The van der Waals surface area contributed by atoms with Crippen LogP contribution in [0.1, 0.15) is 49.9 Å². The van der Waals surface area contributed by atoms with Crippen LogP contribution in [-0.2, 0) is 10.8 Å². The van der Waals surface area contributed by atoms with Crippen molar-refractivity contribution in [1.29, 1.82) is 0 Å². The molecule has 268 valence electrons. The number of rotatable bonds is 5. The number of para-hydroxylation sites is 1. The van der Waals surface area contributed by atoms with Gasteiger partial charge in [0, 0.05) is 38.5 Å². The zero-order chi connectivity index (χ0) is 37.8. The molecule has 0 N–H and O–H groups in total. The minimum absolute atomic E-state index is 0.0863. The van der Waals surface area contributed by atoms with Gasteiger partial charge in [-0.2, -0.15) is 0 Å². The van der Waals surface area contributed by atoms with E-state index in [2.05, 4.69) is 196 Å². The zero-order valence-corrected chi connectivity index (χ0v) is 32.1. The van der Waals surface area contributed by atoms with Gasteiger partial charge in [-0.05, 0) is 122 Å². The second-order valence-corrected chi connectivity index (χ2v) is 16.5. The molecule has 56 heavy (non-hydrogen) atoms. The van der Waals surface area contributed by atoms with Crippen molar-refractivity contribution in [3.63, 3.8) is 0 Å². The third-order valence-electron chi connectivity index (χ3n) is 12.7. The summed E-state index contributed by atoms with van der Waals surface area (Å²) in [7, 11) is 0. The highest BCUT2D eigenvalue weighted by atomic mass is 16.3. The Kier molecular flexibility index (Phi) is 6.98. The van der Waals surface area contributed by atoms with Crippen molar-refractivity contribution >= 4 is 39.0 Å². The summed E-state index contributed by atoms with van der Waals surface area (Å²) in [5, 5.41) is 2.29. The molecule has 0 spiro atoms. The summed E-state index contributed by atoms with van der Waals surface area (Å²) in [5.74, 6) is 0. The van der Waals surface area contributed by atoms with E-state index in [0.717, 1.165) is 44.4 Å². The van der Waals surface area contributed by atoms with E-state index in [1.54, 1.807) is 0 Å². The number of hydrogen-bond donors (Lipinski definition) is 0. The summed E-state index contributed by atoms with van der Waals surface area (Å²) in [6.07, 6.45) is 0. The first-order chi connectivity index (χ1) is 27.3. The molecule has 2 nitrogen and oxygen atoms in total. The Morgan fingerprint density at radius 3 is 1.70 bits per heavy atom. The fourth-order valence-electron chi connectivity index (χ4n) is 9.72. The monoisotopic (exact) mass is 719 g/mol. The molecule has 9 aromatic rings. The predicted octanol–water partition coefficient (Wildman–Crippen LogP) is 15.0. The van der Waals surface area contributed by atoms with Gasteiger partial charge in [0.2, 0.25) is 0 Å².